The second kappa shape index (κ2) is 36.4. The van der Waals surface area contributed by atoms with Crippen molar-refractivity contribution in [1.29, 1.82) is 0 Å². The first kappa shape index (κ1) is 84.0. The summed E-state index contributed by atoms with van der Waals surface area (Å²) in [6.45, 7) is 18.1. The molecule has 6 aliphatic heterocycles. The van der Waals surface area contributed by atoms with E-state index in [0.29, 0.717) is 88.1 Å². The molecular weight excluding hydrogens is 1470 g/mol. The van der Waals surface area contributed by atoms with Gasteiger partial charge < -0.3 is 81.1 Å². The third kappa shape index (κ3) is 19.4. The van der Waals surface area contributed by atoms with Crippen molar-refractivity contribution in [1.82, 2.24) is 40.9 Å². The molecule has 5 aromatic rings. The fourth-order valence-electron chi connectivity index (χ4n) is 15.0. The van der Waals surface area contributed by atoms with Crippen LogP contribution in [0.3, 0.4) is 0 Å². The fourth-order valence-corrected chi connectivity index (χ4v) is 16.2. The van der Waals surface area contributed by atoms with Gasteiger partial charge in [-0.2, -0.15) is 8.42 Å². The van der Waals surface area contributed by atoms with Crippen molar-refractivity contribution in [3.05, 3.63) is 120 Å². The van der Waals surface area contributed by atoms with Gasteiger partial charge in [0.15, 0.2) is 5.84 Å². The summed E-state index contributed by atoms with van der Waals surface area (Å²) < 4.78 is 49.6. The lowest BCUT2D eigenvalue weighted by Gasteiger charge is -2.37. The zero-order chi connectivity index (χ0) is 81.9. The predicted octanol–water partition coefficient (Wildman–Crippen LogP) is 9.63. The number of hydrogen-bond acceptors (Lipinski definition) is 19. The number of sulfonamides is 1. The fraction of sp³-hybridized carbons (Fsp3) is 0.469. The van der Waals surface area contributed by atoms with Crippen LogP contribution in [0.25, 0.3) is 27.6 Å². The molecule has 0 aliphatic carbocycles. The average molecular weight is 1580 g/mol. The number of hydrogen-bond donors (Lipinski definition) is 8. The molecule has 11 rings (SSSR count). The molecular formula is C81H102N14O17S. The van der Waals surface area contributed by atoms with Gasteiger partial charge in [0.2, 0.25) is 41.4 Å². The van der Waals surface area contributed by atoms with Gasteiger partial charge in [-0.1, -0.05) is 104 Å². The minimum atomic E-state index is -4.24. The lowest BCUT2D eigenvalue weighted by atomic mass is 9.94. The van der Waals surface area contributed by atoms with Gasteiger partial charge in [0.05, 0.1) is 45.9 Å². The number of rotatable bonds is 22. The van der Waals surface area contributed by atoms with E-state index in [-0.39, 0.29) is 75.4 Å². The Kier molecular flexibility index (Phi) is 27.0. The summed E-state index contributed by atoms with van der Waals surface area (Å²) in [5.41, 5.74) is 5.72. The monoisotopic (exact) mass is 1570 g/mol. The topological polar surface area (TPSA) is 393 Å². The largest absolute Gasteiger partial charge is 0.453 e. The number of benzene rings is 5. The van der Waals surface area contributed by atoms with E-state index < -0.39 is 93.9 Å². The second-order valence-corrected chi connectivity index (χ2v) is 32.0. The van der Waals surface area contributed by atoms with Crippen molar-refractivity contribution < 1.29 is 80.1 Å². The van der Waals surface area contributed by atoms with Crippen LogP contribution in [0.4, 0.5) is 41.9 Å². The number of anilines is 4. The van der Waals surface area contributed by atoms with E-state index in [0.717, 1.165) is 51.7 Å². The molecule has 0 aromatic heterocycles. The number of carbonyl (C=O) groups is 11. The first-order chi connectivity index (χ1) is 53.8. The van der Waals surface area contributed by atoms with E-state index in [9.17, 15) is 61.2 Å². The molecule has 31 nitrogen and oxygen atoms in total. The lowest BCUT2D eigenvalue weighted by molar-refractivity contribution is -0.144. The third-order valence-electron chi connectivity index (χ3n) is 21.4. The molecule has 11 amide bonds. The van der Waals surface area contributed by atoms with Crippen molar-refractivity contribution in [2.24, 2.45) is 33.1 Å². The van der Waals surface area contributed by atoms with Gasteiger partial charge >= 0.3 is 24.4 Å². The SMILES string of the molecule is COC(=O)N[C@H](C(=O)N1CCC[C@H]1C(=O)Nc1ccc(C2=NS(=O)(=O)c3cc(NC(=O)[C@@H]4CCCN4C(=O)[C@@H](NC(=O)OC)C(C)C)ccc3N2)cc1)C(C)C.COC(=O)N[C@H](C(=O)N1CCC[C@H]1C1=NC(c2ccc(-c3ccc4cc(NC(=O)[C@]5(C)CCCN5C(=O)[C@@H](NC(=O)OC)C(C)C)ccc4c3)cc2)=CC1)C(C)C. The lowest BCUT2D eigenvalue weighted by Crippen LogP contribution is -2.59. The molecule has 4 fully saturated rings. The normalized spacial score (nSPS) is 19.9. The van der Waals surface area contributed by atoms with Crippen molar-refractivity contribution >= 4 is 127 Å². The predicted molar refractivity (Wildman–Crippen MR) is 426 cm³/mol. The van der Waals surface area contributed by atoms with Crippen LogP contribution in [0.2, 0.25) is 0 Å². The van der Waals surface area contributed by atoms with Gasteiger partial charge in [0.1, 0.15) is 46.7 Å². The number of nitrogens with zero attached hydrogens (tertiary/aromatic N) is 6. The van der Waals surface area contributed by atoms with Crippen molar-refractivity contribution in [2.45, 2.75) is 173 Å². The molecule has 0 spiro atoms. The molecule has 8 atom stereocenters. The second-order valence-electron chi connectivity index (χ2n) is 30.4. The Bertz CT molecular complexity index is 4680. The Labute approximate surface area is 657 Å². The van der Waals surface area contributed by atoms with Gasteiger partial charge in [-0.3, -0.25) is 38.6 Å². The van der Waals surface area contributed by atoms with Gasteiger partial charge in [-0.25, -0.2) is 19.2 Å². The molecule has 32 heteroatoms. The molecule has 0 radical (unpaired) electrons. The van der Waals surface area contributed by atoms with Crippen molar-refractivity contribution in [3.8, 4) is 11.1 Å². The first-order valence-electron chi connectivity index (χ1n) is 38.1. The Morgan fingerprint density at radius 1 is 0.478 bits per heavy atom. The molecule has 113 heavy (non-hydrogen) atoms. The molecule has 604 valence electrons. The highest BCUT2D eigenvalue weighted by Gasteiger charge is 2.49. The Hall–Kier alpha value is -11.4. The summed E-state index contributed by atoms with van der Waals surface area (Å²) in [5, 5.41) is 24.0. The van der Waals surface area contributed by atoms with Crippen LogP contribution in [0.15, 0.2) is 123 Å². The standard InChI is InChI=1S/C44H54N6O7.C37H48N8O10S/c1-26(2)37(47-42(54)56-6)39(51)49-22-8-10-36(49)35-20-19-34(46-35)29-13-11-28(12-14-29)30-15-16-32-25-33(18-17-31(32)24-30)45-41(53)44(5)21-9-23-50(44)40(52)38(27(3)4)48-43(55)57-7;1-20(2)29(41-36(50)54-5)34(48)44-17-7-9-26(44)32(46)38-23-13-11-22(12-14-23)31-40-25-16-15-24(19-28(25)56(52,53)43-31)39-33(47)27-10-8-18-45(27)35(49)30(21(3)4)42-37(51)55-6/h11-19,24-27,36-38H,8-10,20-23H2,1-7H3,(H,45,53)(H,47,54)(H,48,55);11-16,19-21,26-27,29-30H,7-10,17-18H2,1-6H3,(H,38,46)(H,39,47)(H,40,43)(H,41,50)(H,42,51)/t36-,37-,38-,44-;26-,27-,29-,30-/m00/s1. The van der Waals surface area contributed by atoms with Crippen LogP contribution in [0.1, 0.15) is 131 Å². The van der Waals surface area contributed by atoms with E-state index in [2.05, 4.69) is 98.9 Å². The van der Waals surface area contributed by atoms with E-state index in [1.165, 1.54) is 56.4 Å². The number of methoxy groups -OCH3 is 4. The van der Waals surface area contributed by atoms with Crippen molar-refractivity contribution in [3.63, 3.8) is 0 Å². The Morgan fingerprint density at radius 2 is 0.912 bits per heavy atom. The highest BCUT2D eigenvalue weighted by Crippen LogP contribution is 2.37. The Morgan fingerprint density at radius 3 is 1.44 bits per heavy atom. The quantitative estimate of drug-likeness (QED) is 0.0299. The molecule has 5 aromatic carbocycles. The zero-order valence-corrected chi connectivity index (χ0v) is 66.8. The first-order valence-corrected chi connectivity index (χ1v) is 39.5. The van der Waals surface area contributed by atoms with E-state index in [1.54, 1.807) is 63.8 Å². The Balaban J connectivity index is 0.000000240. The number of amides is 11. The number of fused-ring (bicyclic) bond motifs is 2. The van der Waals surface area contributed by atoms with Crippen LogP contribution in [-0.2, 0) is 62.5 Å². The number of nitrogens with one attached hydrogen (secondary N) is 8. The summed E-state index contributed by atoms with van der Waals surface area (Å²) >= 11 is 0. The van der Waals surface area contributed by atoms with Crippen LogP contribution >= 0.6 is 0 Å². The molecule has 8 N–H and O–H groups in total. The summed E-state index contributed by atoms with van der Waals surface area (Å²) in [6.07, 6.45) is 4.85. The minimum absolute atomic E-state index is 0.0398. The highest BCUT2D eigenvalue weighted by molar-refractivity contribution is 7.90. The zero-order valence-electron chi connectivity index (χ0n) is 66.0. The molecule has 0 saturated carbocycles. The smallest absolute Gasteiger partial charge is 0.407 e. The molecule has 4 saturated heterocycles. The van der Waals surface area contributed by atoms with E-state index >= 15 is 0 Å². The highest BCUT2D eigenvalue weighted by atomic mass is 32.2. The van der Waals surface area contributed by atoms with Gasteiger partial charge in [0.25, 0.3) is 10.0 Å². The maximum atomic E-state index is 13.8. The maximum absolute atomic E-state index is 13.8. The maximum Gasteiger partial charge on any atom is 0.407 e. The average Bonchev–Trinajstić information content (AvgIpc) is 1.75. The third-order valence-corrected chi connectivity index (χ3v) is 22.7. The summed E-state index contributed by atoms with van der Waals surface area (Å²) in [5.74, 6) is -3.18. The number of carbonyl (C=O) groups excluding carboxylic acids is 11. The molecule has 6 aliphatic rings. The summed E-state index contributed by atoms with van der Waals surface area (Å²) in [7, 11) is 0.712. The van der Waals surface area contributed by atoms with Gasteiger partial charge in [0, 0.05) is 60.9 Å². The number of ether oxygens (including phenoxy) is 4. The number of allylic oxidation sites excluding steroid dienone is 1. The van der Waals surface area contributed by atoms with Crippen LogP contribution in [0.5, 0.6) is 0 Å². The summed E-state index contributed by atoms with van der Waals surface area (Å²) in [4.78, 5) is 153. The van der Waals surface area contributed by atoms with Crippen LogP contribution in [-0.4, -0.2) is 208 Å². The van der Waals surface area contributed by atoms with Crippen molar-refractivity contribution in [2.75, 3.05) is 75.9 Å². The number of alkyl carbamates (subject to hydrolysis) is 4. The number of aliphatic imine (C=N–C) groups is 1. The number of likely N-dealkylation sites (tertiary alicyclic amines) is 4. The van der Waals surface area contributed by atoms with Gasteiger partial charge in [-0.05, 0) is 170 Å². The van der Waals surface area contributed by atoms with Gasteiger partial charge in [-0.15, -0.1) is 4.40 Å². The molecule has 0 bridgehead atoms. The van der Waals surface area contributed by atoms with Crippen LogP contribution < -0.4 is 42.5 Å². The number of amidine groups is 1. The molecule has 0 unspecified atom stereocenters. The minimum Gasteiger partial charge on any atom is -0.453 e. The van der Waals surface area contributed by atoms with Crippen LogP contribution in [0, 0.1) is 23.7 Å². The summed E-state index contributed by atoms with van der Waals surface area (Å²) in [6, 6.07) is 26.0. The van der Waals surface area contributed by atoms with E-state index in [1.807, 2.05) is 56.9 Å². The van der Waals surface area contributed by atoms with E-state index in [4.69, 9.17) is 14.5 Å². The molecule has 6 heterocycles.